The molecule has 1 rings (SSSR count). The Bertz CT molecular complexity index is 303. The molecule has 0 heterocycles. The van der Waals surface area contributed by atoms with E-state index in [0.717, 1.165) is 5.56 Å². The maximum atomic E-state index is 11.8. The van der Waals surface area contributed by atoms with Gasteiger partial charge < -0.3 is 0 Å². The van der Waals surface area contributed by atoms with E-state index >= 15 is 0 Å². The predicted octanol–water partition coefficient (Wildman–Crippen LogP) is 3.38. The number of aliphatic imine (C=N–C) groups is 1. The zero-order valence-electron chi connectivity index (χ0n) is 7.62. The second-order valence-electron chi connectivity index (χ2n) is 2.91. The highest BCUT2D eigenvalue weighted by atomic mass is 19.4. The Morgan fingerprint density at radius 2 is 1.79 bits per heavy atom. The molecule has 0 bridgehead atoms. The van der Waals surface area contributed by atoms with Gasteiger partial charge in [-0.15, -0.1) is 0 Å². The zero-order chi connectivity index (χ0) is 10.6. The van der Waals surface area contributed by atoms with Crippen molar-refractivity contribution in [1.29, 1.82) is 0 Å². The molecule has 0 saturated heterocycles. The van der Waals surface area contributed by atoms with Gasteiger partial charge >= 0.3 is 6.18 Å². The van der Waals surface area contributed by atoms with E-state index in [1.165, 1.54) is 0 Å². The van der Waals surface area contributed by atoms with Crippen molar-refractivity contribution < 1.29 is 13.2 Å². The number of alkyl halides is 3. The number of rotatable bonds is 2. The first-order chi connectivity index (χ1) is 6.49. The highest BCUT2D eigenvalue weighted by Gasteiger charge is 2.23. The zero-order valence-corrected chi connectivity index (χ0v) is 7.62. The second-order valence-corrected chi connectivity index (χ2v) is 2.91. The molecule has 0 aliphatic heterocycles. The van der Waals surface area contributed by atoms with Crippen LogP contribution in [-0.2, 0) is 0 Å². The maximum absolute atomic E-state index is 11.8. The van der Waals surface area contributed by atoms with Crippen molar-refractivity contribution in [2.24, 2.45) is 4.99 Å². The summed E-state index contributed by atoms with van der Waals surface area (Å²) in [7, 11) is 0. The lowest BCUT2D eigenvalue weighted by Gasteiger charge is -2.06. The van der Waals surface area contributed by atoms with Gasteiger partial charge in [0, 0.05) is 0 Å². The van der Waals surface area contributed by atoms with Crippen LogP contribution in [0.15, 0.2) is 35.3 Å². The molecule has 0 aliphatic carbocycles. The molecule has 76 valence electrons. The number of nitrogens with zero attached hydrogens (tertiary/aromatic N) is 1. The van der Waals surface area contributed by atoms with Gasteiger partial charge in [-0.1, -0.05) is 30.3 Å². The summed E-state index contributed by atoms with van der Waals surface area (Å²) in [6.07, 6.45) is -4.30. The van der Waals surface area contributed by atoms with Crippen LogP contribution >= 0.6 is 0 Å². The molecule has 0 amide bonds. The van der Waals surface area contributed by atoms with E-state index in [1.807, 2.05) is 6.07 Å². The fourth-order valence-corrected chi connectivity index (χ4v) is 1.01. The molecule has 1 nitrogen and oxygen atoms in total. The van der Waals surface area contributed by atoms with Gasteiger partial charge in [0.15, 0.2) is 0 Å². The molecule has 1 aromatic rings. The van der Waals surface area contributed by atoms with Gasteiger partial charge in [0.25, 0.3) is 0 Å². The number of halogens is 3. The lowest BCUT2D eigenvalue weighted by atomic mass is 10.1. The average molecular weight is 201 g/mol. The van der Waals surface area contributed by atoms with Crippen molar-refractivity contribution in [3.05, 3.63) is 35.9 Å². The molecule has 0 saturated carbocycles. The Morgan fingerprint density at radius 1 is 1.21 bits per heavy atom. The molecular formula is C10H10F3N. The van der Waals surface area contributed by atoms with Gasteiger partial charge in [0.1, 0.15) is 6.21 Å². The summed E-state index contributed by atoms with van der Waals surface area (Å²) < 4.78 is 35.3. The molecule has 0 radical (unpaired) electrons. The molecule has 4 heteroatoms. The smallest absolute Gasteiger partial charge is 0.280 e. The van der Waals surface area contributed by atoms with Gasteiger partial charge in [-0.25, -0.2) is 0 Å². The standard InChI is InChI=1S/C10H10F3N/c1-8(14-7-10(11,12)13)9-5-3-2-4-6-9/h2-8H,1H3. The Labute approximate surface area is 80.3 Å². The second kappa shape index (κ2) is 4.26. The van der Waals surface area contributed by atoms with E-state index in [-0.39, 0.29) is 6.21 Å². The molecule has 1 unspecified atom stereocenters. The molecule has 0 aromatic heterocycles. The predicted molar refractivity (Wildman–Crippen MR) is 49.4 cm³/mol. The van der Waals surface area contributed by atoms with Gasteiger partial charge in [-0.3, -0.25) is 4.99 Å². The van der Waals surface area contributed by atoms with E-state index in [4.69, 9.17) is 0 Å². The minimum atomic E-state index is -4.33. The SMILES string of the molecule is CC(N=CC(F)(F)F)c1ccccc1. The Kier molecular flexibility index (Phi) is 3.28. The third kappa shape index (κ3) is 3.60. The highest BCUT2D eigenvalue weighted by Crippen LogP contribution is 2.18. The molecule has 1 aromatic carbocycles. The van der Waals surface area contributed by atoms with E-state index in [9.17, 15) is 13.2 Å². The summed E-state index contributed by atoms with van der Waals surface area (Å²) in [6.45, 7) is 1.62. The van der Waals surface area contributed by atoms with Crippen LogP contribution in [0.3, 0.4) is 0 Å². The minimum Gasteiger partial charge on any atom is -0.280 e. The quantitative estimate of drug-likeness (QED) is 0.650. The molecule has 0 N–H and O–H groups in total. The number of hydrogen-bond donors (Lipinski definition) is 0. The van der Waals surface area contributed by atoms with Crippen LogP contribution < -0.4 is 0 Å². The lowest BCUT2D eigenvalue weighted by Crippen LogP contribution is -2.09. The van der Waals surface area contributed by atoms with E-state index in [0.29, 0.717) is 0 Å². The van der Waals surface area contributed by atoms with Crippen molar-refractivity contribution in [2.45, 2.75) is 19.1 Å². The first-order valence-corrected chi connectivity index (χ1v) is 4.15. The summed E-state index contributed by atoms with van der Waals surface area (Å²) in [5.41, 5.74) is 0.771. The van der Waals surface area contributed by atoms with E-state index in [2.05, 4.69) is 4.99 Å². The monoisotopic (exact) mass is 201 g/mol. The average Bonchev–Trinajstić information content (AvgIpc) is 2.14. The maximum Gasteiger partial charge on any atom is 0.426 e. The molecule has 0 fully saturated rings. The summed E-state index contributed by atoms with van der Waals surface area (Å²) in [6, 6.07) is 8.39. The van der Waals surface area contributed by atoms with E-state index < -0.39 is 12.2 Å². The Hall–Kier alpha value is -1.32. The van der Waals surface area contributed by atoms with Crippen LogP contribution in [0.2, 0.25) is 0 Å². The van der Waals surface area contributed by atoms with Crippen molar-refractivity contribution in [3.8, 4) is 0 Å². The van der Waals surface area contributed by atoms with Crippen LogP contribution in [0.5, 0.6) is 0 Å². The van der Waals surface area contributed by atoms with Gasteiger partial charge in [0.05, 0.1) is 6.04 Å². The molecule has 1 atom stereocenters. The minimum absolute atomic E-state index is 0.0324. The fraction of sp³-hybridized carbons (Fsp3) is 0.300. The van der Waals surface area contributed by atoms with Gasteiger partial charge in [0.2, 0.25) is 0 Å². The summed E-state index contributed by atoms with van der Waals surface area (Å²) in [5, 5.41) is 0. The first kappa shape index (κ1) is 10.8. The van der Waals surface area contributed by atoms with Crippen LogP contribution in [0.1, 0.15) is 18.5 Å². The van der Waals surface area contributed by atoms with Crippen molar-refractivity contribution >= 4 is 6.21 Å². The molecule has 0 spiro atoms. The molecule has 0 aliphatic rings. The number of hydrogen-bond acceptors (Lipinski definition) is 1. The summed E-state index contributed by atoms with van der Waals surface area (Å²) in [5.74, 6) is 0. The largest absolute Gasteiger partial charge is 0.426 e. The van der Waals surface area contributed by atoms with Crippen molar-refractivity contribution in [1.82, 2.24) is 0 Å². The highest BCUT2D eigenvalue weighted by molar-refractivity contribution is 5.64. The van der Waals surface area contributed by atoms with Crippen LogP contribution in [-0.4, -0.2) is 12.4 Å². The Morgan fingerprint density at radius 3 is 2.29 bits per heavy atom. The van der Waals surface area contributed by atoms with Crippen molar-refractivity contribution in [3.63, 3.8) is 0 Å². The topological polar surface area (TPSA) is 12.4 Å². The van der Waals surface area contributed by atoms with Gasteiger partial charge in [-0.2, -0.15) is 13.2 Å². The lowest BCUT2D eigenvalue weighted by molar-refractivity contribution is -0.0538. The third-order valence-corrected chi connectivity index (χ3v) is 1.73. The molecular weight excluding hydrogens is 191 g/mol. The van der Waals surface area contributed by atoms with Crippen LogP contribution in [0.25, 0.3) is 0 Å². The van der Waals surface area contributed by atoms with E-state index in [1.54, 1.807) is 31.2 Å². The normalized spacial score (nSPS) is 14.6. The fourth-order valence-electron chi connectivity index (χ4n) is 1.01. The van der Waals surface area contributed by atoms with Crippen LogP contribution in [0, 0.1) is 0 Å². The van der Waals surface area contributed by atoms with Crippen molar-refractivity contribution in [2.75, 3.05) is 0 Å². The summed E-state index contributed by atoms with van der Waals surface area (Å²) >= 11 is 0. The number of benzene rings is 1. The van der Waals surface area contributed by atoms with Gasteiger partial charge in [-0.05, 0) is 12.5 Å². The first-order valence-electron chi connectivity index (χ1n) is 4.15. The molecule has 14 heavy (non-hydrogen) atoms. The third-order valence-electron chi connectivity index (χ3n) is 1.73. The Balaban J connectivity index is 2.69. The van der Waals surface area contributed by atoms with Crippen LogP contribution in [0.4, 0.5) is 13.2 Å². The summed E-state index contributed by atoms with van der Waals surface area (Å²) in [4.78, 5) is 3.42.